The summed E-state index contributed by atoms with van der Waals surface area (Å²) in [5, 5.41) is 4.85. The van der Waals surface area contributed by atoms with Crippen molar-refractivity contribution in [2.24, 2.45) is 0 Å². The molecule has 27 heavy (non-hydrogen) atoms. The van der Waals surface area contributed by atoms with Gasteiger partial charge in [-0.2, -0.15) is 0 Å². The van der Waals surface area contributed by atoms with Crippen LogP contribution in [0.2, 0.25) is 5.02 Å². The van der Waals surface area contributed by atoms with Crippen LogP contribution in [-0.2, 0) is 13.1 Å². The fourth-order valence-corrected chi connectivity index (χ4v) is 3.50. The Labute approximate surface area is 165 Å². The summed E-state index contributed by atoms with van der Waals surface area (Å²) in [6, 6.07) is 13.9. The summed E-state index contributed by atoms with van der Waals surface area (Å²) in [4.78, 5) is 13.0. The van der Waals surface area contributed by atoms with E-state index in [-0.39, 0.29) is 5.91 Å². The minimum Gasteiger partial charge on any atom is -0.347 e. The minimum atomic E-state index is -0.0772. The maximum atomic E-state index is 13.0. The SMILES string of the molecule is C=CCn1c(C(=O)NCc2ccc(Cl)cc2)c(C)c2cc(C(C)C)ccc21. The number of aromatic nitrogens is 1. The first-order valence-electron chi connectivity index (χ1n) is 9.18. The van der Waals surface area contributed by atoms with Crippen molar-refractivity contribution in [3.05, 3.63) is 82.5 Å². The summed E-state index contributed by atoms with van der Waals surface area (Å²) in [6.45, 7) is 11.3. The molecule has 0 aliphatic heterocycles. The van der Waals surface area contributed by atoms with E-state index in [0.29, 0.717) is 29.7 Å². The van der Waals surface area contributed by atoms with Crippen LogP contribution in [0.3, 0.4) is 0 Å². The lowest BCUT2D eigenvalue weighted by Gasteiger charge is -2.10. The van der Waals surface area contributed by atoms with Crippen LogP contribution in [0, 0.1) is 6.92 Å². The van der Waals surface area contributed by atoms with E-state index in [1.54, 1.807) is 0 Å². The van der Waals surface area contributed by atoms with E-state index >= 15 is 0 Å². The molecule has 3 aromatic rings. The molecule has 3 rings (SSSR count). The molecule has 0 aliphatic rings. The Bertz CT molecular complexity index is 984. The first-order chi connectivity index (χ1) is 12.9. The number of aryl methyl sites for hydroxylation is 1. The van der Waals surface area contributed by atoms with Crippen molar-refractivity contribution in [3.63, 3.8) is 0 Å². The second-order valence-corrected chi connectivity index (χ2v) is 7.55. The van der Waals surface area contributed by atoms with Crippen molar-refractivity contribution in [1.29, 1.82) is 0 Å². The molecule has 0 saturated heterocycles. The van der Waals surface area contributed by atoms with Gasteiger partial charge in [0.15, 0.2) is 0 Å². The number of carbonyl (C=O) groups is 1. The second kappa shape index (κ2) is 8.01. The van der Waals surface area contributed by atoms with E-state index in [1.165, 1.54) is 5.56 Å². The summed E-state index contributed by atoms with van der Waals surface area (Å²) < 4.78 is 2.04. The fraction of sp³-hybridized carbons (Fsp3) is 0.261. The van der Waals surface area contributed by atoms with Crippen molar-refractivity contribution in [2.45, 2.75) is 39.8 Å². The van der Waals surface area contributed by atoms with Crippen LogP contribution in [0.4, 0.5) is 0 Å². The Kier molecular flexibility index (Phi) is 5.71. The number of hydrogen-bond acceptors (Lipinski definition) is 1. The maximum absolute atomic E-state index is 13.0. The van der Waals surface area contributed by atoms with Gasteiger partial charge in [-0.25, -0.2) is 0 Å². The van der Waals surface area contributed by atoms with Crippen LogP contribution < -0.4 is 5.32 Å². The van der Waals surface area contributed by atoms with Gasteiger partial charge in [0, 0.05) is 29.0 Å². The fourth-order valence-electron chi connectivity index (χ4n) is 3.38. The number of nitrogens with zero attached hydrogens (tertiary/aromatic N) is 1. The first kappa shape index (κ1) is 19.2. The zero-order chi connectivity index (χ0) is 19.6. The van der Waals surface area contributed by atoms with Crippen LogP contribution >= 0.6 is 11.6 Å². The predicted octanol–water partition coefficient (Wildman–Crippen LogP) is 5.84. The third kappa shape index (κ3) is 3.93. The lowest BCUT2D eigenvalue weighted by molar-refractivity contribution is 0.0942. The molecule has 1 amide bonds. The zero-order valence-electron chi connectivity index (χ0n) is 16.1. The van der Waals surface area contributed by atoms with E-state index in [0.717, 1.165) is 22.0 Å². The lowest BCUT2D eigenvalue weighted by atomic mass is 10.0. The second-order valence-electron chi connectivity index (χ2n) is 7.11. The summed E-state index contributed by atoms with van der Waals surface area (Å²) in [5.41, 5.74) is 5.05. The van der Waals surface area contributed by atoms with Gasteiger partial charge < -0.3 is 9.88 Å². The number of rotatable bonds is 6. The minimum absolute atomic E-state index is 0.0772. The number of nitrogens with one attached hydrogen (secondary N) is 1. The average Bonchev–Trinajstić information content (AvgIpc) is 2.93. The van der Waals surface area contributed by atoms with Gasteiger partial charge in [-0.1, -0.05) is 49.7 Å². The Balaban J connectivity index is 1.97. The molecule has 0 radical (unpaired) electrons. The van der Waals surface area contributed by atoms with Gasteiger partial charge in [-0.3, -0.25) is 4.79 Å². The molecule has 1 heterocycles. The van der Waals surface area contributed by atoms with Crippen LogP contribution in [0.1, 0.15) is 46.9 Å². The number of halogens is 1. The normalized spacial score (nSPS) is 11.1. The van der Waals surface area contributed by atoms with Gasteiger partial charge in [0.05, 0.1) is 0 Å². The molecular formula is C23H25ClN2O. The highest BCUT2D eigenvalue weighted by Gasteiger charge is 2.20. The van der Waals surface area contributed by atoms with Gasteiger partial charge in [0.2, 0.25) is 0 Å². The molecule has 1 N–H and O–H groups in total. The molecule has 4 heteroatoms. The quantitative estimate of drug-likeness (QED) is 0.535. The van der Waals surface area contributed by atoms with Gasteiger partial charge in [0.25, 0.3) is 5.91 Å². The van der Waals surface area contributed by atoms with E-state index < -0.39 is 0 Å². The smallest absolute Gasteiger partial charge is 0.268 e. The van der Waals surface area contributed by atoms with E-state index in [1.807, 2.05) is 41.8 Å². The number of fused-ring (bicyclic) bond motifs is 1. The molecule has 0 fully saturated rings. The highest BCUT2D eigenvalue weighted by atomic mass is 35.5. The molecule has 0 bridgehead atoms. The number of carbonyl (C=O) groups excluding carboxylic acids is 1. The molecule has 0 saturated carbocycles. The lowest BCUT2D eigenvalue weighted by Crippen LogP contribution is -2.26. The molecule has 0 aliphatic carbocycles. The number of amides is 1. The molecule has 140 valence electrons. The third-order valence-electron chi connectivity index (χ3n) is 4.90. The molecular weight excluding hydrogens is 356 g/mol. The average molecular weight is 381 g/mol. The van der Waals surface area contributed by atoms with Crippen LogP contribution in [0.15, 0.2) is 55.1 Å². The topological polar surface area (TPSA) is 34.0 Å². The Morgan fingerprint density at radius 3 is 2.56 bits per heavy atom. The van der Waals surface area contributed by atoms with Crippen LogP contribution in [-0.4, -0.2) is 10.5 Å². The standard InChI is InChI=1S/C23H25ClN2O/c1-5-12-26-21-11-8-18(15(2)3)13-20(21)16(4)22(26)23(27)25-14-17-6-9-19(24)10-7-17/h5-11,13,15H,1,12,14H2,2-4H3,(H,25,27). The molecule has 1 aromatic heterocycles. The molecule has 3 nitrogen and oxygen atoms in total. The maximum Gasteiger partial charge on any atom is 0.268 e. The molecule has 0 unspecified atom stereocenters. The van der Waals surface area contributed by atoms with Gasteiger partial charge in [-0.15, -0.1) is 6.58 Å². The van der Waals surface area contributed by atoms with Crippen molar-refractivity contribution in [1.82, 2.24) is 9.88 Å². The third-order valence-corrected chi connectivity index (χ3v) is 5.15. The predicted molar refractivity (Wildman–Crippen MR) is 114 cm³/mol. The highest BCUT2D eigenvalue weighted by molar-refractivity contribution is 6.30. The van der Waals surface area contributed by atoms with Gasteiger partial charge >= 0.3 is 0 Å². The highest BCUT2D eigenvalue weighted by Crippen LogP contribution is 2.29. The van der Waals surface area contributed by atoms with Gasteiger partial charge in [-0.05, 0) is 53.8 Å². The summed E-state index contributed by atoms with van der Waals surface area (Å²) >= 11 is 5.93. The monoisotopic (exact) mass is 380 g/mol. The van der Waals surface area contributed by atoms with Crippen molar-refractivity contribution >= 4 is 28.4 Å². The van der Waals surface area contributed by atoms with Crippen molar-refractivity contribution in [2.75, 3.05) is 0 Å². The summed E-state index contributed by atoms with van der Waals surface area (Å²) in [7, 11) is 0. The number of allylic oxidation sites excluding steroid dienone is 1. The van der Waals surface area contributed by atoms with E-state index in [4.69, 9.17) is 11.6 Å². The van der Waals surface area contributed by atoms with Crippen LogP contribution in [0.5, 0.6) is 0 Å². The van der Waals surface area contributed by atoms with Crippen LogP contribution in [0.25, 0.3) is 10.9 Å². The largest absolute Gasteiger partial charge is 0.347 e. The Morgan fingerprint density at radius 2 is 1.93 bits per heavy atom. The molecule has 0 spiro atoms. The zero-order valence-corrected chi connectivity index (χ0v) is 16.8. The summed E-state index contributed by atoms with van der Waals surface area (Å²) in [5.74, 6) is 0.366. The van der Waals surface area contributed by atoms with Crippen molar-refractivity contribution in [3.8, 4) is 0 Å². The molecule has 0 atom stereocenters. The number of hydrogen-bond donors (Lipinski definition) is 1. The Hall–Kier alpha value is -2.52. The number of benzene rings is 2. The van der Waals surface area contributed by atoms with E-state index in [2.05, 4.69) is 43.9 Å². The first-order valence-corrected chi connectivity index (χ1v) is 9.56. The molecule has 2 aromatic carbocycles. The van der Waals surface area contributed by atoms with Crippen molar-refractivity contribution < 1.29 is 4.79 Å². The summed E-state index contributed by atoms with van der Waals surface area (Å²) in [6.07, 6.45) is 1.82. The Morgan fingerprint density at radius 1 is 1.22 bits per heavy atom. The van der Waals surface area contributed by atoms with Gasteiger partial charge in [0.1, 0.15) is 5.69 Å². The van der Waals surface area contributed by atoms with E-state index in [9.17, 15) is 4.79 Å².